The van der Waals surface area contributed by atoms with Gasteiger partial charge in [0.05, 0.1) is 11.2 Å². The van der Waals surface area contributed by atoms with Gasteiger partial charge in [-0.3, -0.25) is 0 Å². The lowest BCUT2D eigenvalue weighted by atomic mass is 9.78. The van der Waals surface area contributed by atoms with E-state index in [9.17, 15) is 0 Å². The Balaban J connectivity index is 2.19. The van der Waals surface area contributed by atoms with E-state index in [1.807, 2.05) is 46.8 Å². The van der Waals surface area contributed by atoms with E-state index in [2.05, 4.69) is 6.58 Å². The molecule has 1 fully saturated rings. The van der Waals surface area contributed by atoms with Crippen molar-refractivity contribution in [3.05, 3.63) is 30.2 Å². The number of hydrogen-bond acceptors (Lipinski definition) is 3. The lowest BCUT2D eigenvalue weighted by Gasteiger charge is -2.32. The Bertz CT molecular complexity index is 429. The van der Waals surface area contributed by atoms with Crippen LogP contribution in [0.5, 0.6) is 0 Å². The van der Waals surface area contributed by atoms with Crippen LogP contribution in [0.1, 0.15) is 39.2 Å². The topological polar surface area (TPSA) is 31.6 Å². The number of hydrogen-bond donors (Lipinski definition) is 0. The predicted molar refractivity (Wildman–Crippen MR) is 68.6 cm³/mol. The van der Waals surface area contributed by atoms with E-state index >= 15 is 0 Å². The summed E-state index contributed by atoms with van der Waals surface area (Å²) in [6.45, 7) is 14.0. The molecule has 0 aliphatic carbocycles. The summed E-state index contributed by atoms with van der Waals surface area (Å²) in [7, 11) is -0.439. The van der Waals surface area contributed by atoms with Crippen molar-refractivity contribution in [2.24, 2.45) is 0 Å². The number of rotatable bonds is 2. The largest absolute Gasteiger partial charge is 0.498 e. The van der Waals surface area contributed by atoms with Gasteiger partial charge < -0.3 is 13.7 Å². The van der Waals surface area contributed by atoms with Crippen molar-refractivity contribution < 1.29 is 13.7 Å². The Morgan fingerprint density at radius 2 is 1.65 bits per heavy atom. The molecule has 0 aromatic carbocycles. The molecule has 0 atom stereocenters. The van der Waals surface area contributed by atoms with E-state index < -0.39 is 7.12 Å². The van der Waals surface area contributed by atoms with Crippen molar-refractivity contribution >= 4 is 12.6 Å². The first-order valence-corrected chi connectivity index (χ1v) is 5.84. The molecule has 1 aliphatic heterocycles. The first-order chi connectivity index (χ1) is 7.73. The molecule has 2 heterocycles. The van der Waals surface area contributed by atoms with Crippen molar-refractivity contribution in [1.29, 1.82) is 0 Å². The van der Waals surface area contributed by atoms with E-state index in [4.69, 9.17) is 13.7 Å². The van der Waals surface area contributed by atoms with Crippen LogP contribution in [0.2, 0.25) is 0 Å². The molecule has 0 bridgehead atoms. The van der Waals surface area contributed by atoms with Crippen molar-refractivity contribution in [1.82, 2.24) is 0 Å². The van der Waals surface area contributed by atoms with Gasteiger partial charge >= 0.3 is 7.12 Å². The van der Waals surface area contributed by atoms with Gasteiger partial charge in [-0.05, 0) is 46.8 Å². The SMILES string of the molecule is C=C(B1OC(C)(C)C(C)(C)O1)c1ccc(C)o1. The Morgan fingerprint density at radius 3 is 2.06 bits per heavy atom. The predicted octanol–water partition coefficient (Wildman–Crippen LogP) is 3.23. The zero-order valence-corrected chi connectivity index (χ0v) is 11.2. The Hall–Kier alpha value is -0.995. The van der Waals surface area contributed by atoms with Gasteiger partial charge in [0.2, 0.25) is 0 Å². The summed E-state index contributed by atoms with van der Waals surface area (Å²) in [4.78, 5) is 0. The van der Waals surface area contributed by atoms with Crippen LogP contribution in [0.4, 0.5) is 0 Å². The van der Waals surface area contributed by atoms with E-state index in [1.54, 1.807) is 0 Å². The molecule has 1 saturated heterocycles. The molecule has 0 saturated carbocycles. The van der Waals surface area contributed by atoms with Crippen molar-refractivity contribution in [3.63, 3.8) is 0 Å². The maximum absolute atomic E-state index is 5.91. The van der Waals surface area contributed by atoms with E-state index in [1.165, 1.54) is 0 Å². The normalized spacial score (nSPS) is 21.8. The highest BCUT2D eigenvalue weighted by Crippen LogP contribution is 2.40. The second kappa shape index (κ2) is 3.75. The molecule has 2 rings (SSSR count). The van der Waals surface area contributed by atoms with Crippen LogP contribution in [-0.4, -0.2) is 18.3 Å². The third kappa shape index (κ3) is 2.07. The average Bonchev–Trinajstić information content (AvgIpc) is 2.69. The number of aryl methyl sites for hydroxylation is 1. The van der Waals surface area contributed by atoms with E-state index in [-0.39, 0.29) is 11.2 Å². The molecule has 0 N–H and O–H groups in total. The Labute approximate surface area is 103 Å². The summed E-state index contributed by atoms with van der Waals surface area (Å²) in [6, 6.07) is 3.80. The summed E-state index contributed by atoms with van der Waals surface area (Å²) in [5, 5.41) is 0. The van der Waals surface area contributed by atoms with Gasteiger partial charge in [-0.2, -0.15) is 0 Å². The summed E-state index contributed by atoms with van der Waals surface area (Å²) < 4.78 is 17.3. The highest BCUT2D eigenvalue weighted by Gasteiger charge is 2.52. The summed E-state index contributed by atoms with van der Waals surface area (Å²) in [6.07, 6.45) is 0. The quantitative estimate of drug-likeness (QED) is 0.736. The molecule has 92 valence electrons. The lowest BCUT2D eigenvalue weighted by Crippen LogP contribution is -2.41. The third-order valence-electron chi connectivity index (χ3n) is 3.59. The molecule has 0 spiro atoms. The molecule has 0 unspecified atom stereocenters. The highest BCUT2D eigenvalue weighted by molar-refractivity contribution is 6.68. The van der Waals surface area contributed by atoms with Crippen LogP contribution in [0.25, 0.3) is 5.47 Å². The minimum atomic E-state index is -0.439. The van der Waals surface area contributed by atoms with Gasteiger partial charge in [0.15, 0.2) is 0 Å². The monoisotopic (exact) mass is 234 g/mol. The second-order valence-corrected chi connectivity index (χ2v) is 5.52. The van der Waals surface area contributed by atoms with E-state index in [0.717, 1.165) is 17.0 Å². The van der Waals surface area contributed by atoms with Crippen molar-refractivity contribution in [2.75, 3.05) is 0 Å². The molecule has 1 aliphatic rings. The second-order valence-electron chi connectivity index (χ2n) is 5.52. The molecule has 1 aromatic rings. The molecule has 0 radical (unpaired) electrons. The molecule has 0 amide bonds. The van der Waals surface area contributed by atoms with Crippen molar-refractivity contribution in [2.45, 2.75) is 45.8 Å². The third-order valence-corrected chi connectivity index (χ3v) is 3.59. The van der Waals surface area contributed by atoms with Gasteiger partial charge in [-0.25, -0.2) is 0 Å². The zero-order chi connectivity index (χ0) is 12.8. The first-order valence-electron chi connectivity index (χ1n) is 5.84. The van der Waals surface area contributed by atoms with Crippen LogP contribution in [-0.2, 0) is 9.31 Å². The smallest absolute Gasteiger partial charge is 0.462 e. The molecule has 4 heteroatoms. The lowest BCUT2D eigenvalue weighted by molar-refractivity contribution is 0.00578. The average molecular weight is 234 g/mol. The van der Waals surface area contributed by atoms with Crippen LogP contribution in [0, 0.1) is 6.92 Å². The maximum Gasteiger partial charge on any atom is 0.498 e. The minimum absolute atomic E-state index is 0.345. The van der Waals surface area contributed by atoms with Gasteiger partial charge in [-0.15, -0.1) is 0 Å². The van der Waals surface area contributed by atoms with Crippen LogP contribution >= 0.6 is 0 Å². The van der Waals surface area contributed by atoms with Crippen LogP contribution in [0.15, 0.2) is 23.1 Å². The van der Waals surface area contributed by atoms with E-state index in [0.29, 0.717) is 0 Å². The van der Waals surface area contributed by atoms with Crippen LogP contribution in [0.3, 0.4) is 0 Å². The van der Waals surface area contributed by atoms with Gasteiger partial charge in [0, 0.05) is 5.47 Å². The fraction of sp³-hybridized carbons (Fsp3) is 0.538. The summed E-state index contributed by atoms with van der Waals surface area (Å²) in [5.41, 5.74) is 0.0431. The van der Waals surface area contributed by atoms with Gasteiger partial charge in [0.25, 0.3) is 0 Å². The Kier molecular flexibility index (Phi) is 2.75. The summed E-state index contributed by atoms with van der Waals surface area (Å²) >= 11 is 0. The molecular formula is C13H19BO3. The highest BCUT2D eigenvalue weighted by atomic mass is 16.7. The van der Waals surface area contributed by atoms with Crippen molar-refractivity contribution in [3.8, 4) is 0 Å². The fourth-order valence-corrected chi connectivity index (χ4v) is 1.71. The minimum Gasteiger partial charge on any atom is -0.462 e. The molecule has 1 aromatic heterocycles. The number of furan rings is 1. The molecule has 3 nitrogen and oxygen atoms in total. The zero-order valence-electron chi connectivity index (χ0n) is 11.2. The molecular weight excluding hydrogens is 215 g/mol. The standard InChI is InChI=1S/C13H19BO3/c1-9-7-8-11(15-9)10(2)14-16-12(3,4)13(5,6)17-14/h7-8H,2H2,1,3-6H3. The molecule has 17 heavy (non-hydrogen) atoms. The van der Waals surface area contributed by atoms with Crippen LogP contribution < -0.4 is 0 Å². The van der Waals surface area contributed by atoms with Gasteiger partial charge in [-0.1, -0.05) is 6.58 Å². The maximum atomic E-state index is 5.91. The summed E-state index contributed by atoms with van der Waals surface area (Å²) in [5.74, 6) is 1.58. The fourth-order valence-electron chi connectivity index (χ4n) is 1.71. The Morgan fingerprint density at radius 1 is 1.12 bits per heavy atom. The first kappa shape index (κ1) is 12.5. The van der Waals surface area contributed by atoms with Gasteiger partial charge in [0.1, 0.15) is 11.5 Å².